The lowest BCUT2D eigenvalue weighted by molar-refractivity contribution is -0.137. The maximum absolute atomic E-state index is 12.9. The second-order valence-corrected chi connectivity index (χ2v) is 6.88. The predicted molar refractivity (Wildman–Crippen MR) is 109 cm³/mol. The Labute approximate surface area is 182 Å². The summed E-state index contributed by atoms with van der Waals surface area (Å²) in [6.45, 7) is 0.424. The number of carbonyl (C=O) groups excluding carboxylic acids is 1. The molecule has 3 aromatic rings. The number of nitrogens with zero attached hydrogens (tertiary/aromatic N) is 2. The average molecular weight is 449 g/mol. The highest BCUT2D eigenvalue weighted by atomic mass is 19.4. The molecule has 0 saturated carbocycles. The lowest BCUT2D eigenvalue weighted by Gasteiger charge is -2.10. The Bertz CT molecular complexity index is 1070. The molecule has 0 aliphatic heterocycles. The molecule has 0 aliphatic carbocycles. The number of aryl methyl sites for hydroxylation is 1. The summed E-state index contributed by atoms with van der Waals surface area (Å²) < 4.78 is 54.1. The maximum atomic E-state index is 12.9. The number of amides is 1. The number of ether oxygens (including phenoxy) is 2. The summed E-state index contributed by atoms with van der Waals surface area (Å²) in [6.07, 6.45) is -3.58. The number of hydrogen-bond donors (Lipinski definition) is 1. The summed E-state index contributed by atoms with van der Waals surface area (Å²) in [5, 5.41) is 6.52. The van der Waals surface area contributed by atoms with Crippen molar-refractivity contribution in [2.75, 3.05) is 20.8 Å². The van der Waals surface area contributed by atoms with Crippen molar-refractivity contribution in [3.63, 3.8) is 0 Å². The van der Waals surface area contributed by atoms with Gasteiger partial charge < -0.3 is 19.3 Å². The van der Waals surface area contributed by atoms with Gasteiger partial charge in [0.1, 0.15) is 0 Å². The second-order valence-electron chi connectivity index (χ2n) is 6.88. The van der Waals surface area contributed by atoms with Crippen LogP contribution in [0.25, 0.3) is 11.4 Å². The van der Waals surface area contributed by atoms with Crippen LogP contribution in [-0.2, 0) is 23.8 Å². The van der Waals surface area contributed by atoms with Crippen LogP contribution in [0.15, 0.2) is 47.0 Å². The first-order valence-corrected chi connectivity index (χ1v) is 9.78. The zero-order valence-electron chi connectivity index (χ0n) is 17.5. The second kappa shape index (κ2) is 10.2. The van der Waals surface area contributed by atoms with E-state index in [-0.39, 0.29) is 36.0 Å². The van der Waals surface area contributed by atoms with E-state index in [2.05, 4.69) is 15.5 Å². The van der Waals surface area contributed by atoms with Gasteiger partial charge in [0.25, 0.3) is 0 Å². The van der Waals surface area contributed by atoms with Gasteiger partial charge in [0.15, 0.2) is 11.5 Å². The molecule has 1 heterocycles. The van der Waals surface area contributed by atoms with Gasteiger partial charge in [-0.15, -0.1) is 0 Å². The number of hydrogen-bond acceptors (Lipinski definition) is 6. The van der Waals surface area contributed by atoms with Crippen LogP contribution >= 0.6 is 0 Å². The largest absolute Gasteiger partial charge is 0.493 e. The smallest absolute Gasteiger partial charge is 0.416 e. The van der Waals surface area contributed by atoms with Gasteiger partial charge in [0.2, 0.25) is 17.6 Å². The van der Waals surface area contributed by atoms with E-state index in [1.165, 1.54) is 12.1 Å². The molecule has 0 bridgehead atoms. The van der Waals surface area contributed by atoms with Crippen LogP contribution in [0.2, 0.25) is 0 Å². The van der Waals surface area contributed by atoms with Crippen LogP contribution in [0, 0.1) is 0 Å². The summed E-state index contributed by atoms with van der Waals surface area (Å²) in [6, 6.07) is 10.2. The molecule has 0 spiro atoms. The molecule has 7 nitrogen and oxygen atoms in total. The van der Waals surface area contributed by atoms with Gasteiger partial charge in [0, 0.05) is 24.9 Å². The Morgan fingerprint density at radius 2 is 1.84 bits per heavy atom. The summed E-state index contributed by atoms with van der Waals surface area (Å²) in [5.41, 5.74) is 0.370. The molecule has 2 aromatic carbocycles. The predicted octanol–water partition coefficient (Wildman–Crippen LogP) is 4.06. The van der Waals surface area contributed by atoms with Crippen molar-refractivity contribution in [1.29, 1.82) is 0 Å². The van der Waals surface area contributed by atoms with Crippen LogP contribution in [0.3, 0.4) is 0 Å². The van der Waals surface area contributed by atoms with E-state index >= 15 is 0 Å². The molecular weight excluding hydrogens is 427 g/mol. The first kappa shape index (κ1) is 23.1. The van der Waals surface area contributed by atoms with Crippen LogP contribution in [0.5, 0.6) is 11.5 Å². The summed E-state index contributed by atoms with van der Waals surface area (Å²) >= 11 is 0. The lowest BCUT2D eigenvalue weighted by atomic mass is 10.1. The topological polar surface area (TPSA) is 86.5 Å². The van der Waals surface area contributed by atoms with Crippen molar-refractivity contribution in [1.82, 2.24) is 15.5 Å². The molecule has 0 atom stereocenters. The fourth-order valence-corrected chi connectivity index (χ4v) is 3.00. The van der Waals surface area contributed by atoms with Gasteiger partial charge in [-0.25, -0.2) is 0 Å². The van der Waals surface area contributed by atoms with Crippen molar-refractivity contribution in [3.05, 3.63) is 59.5 Å². The molecule has 170 valence electrons. The third-order valence-corrected chi connectivity index (χ3v) is 4.67. The number of aromatic nitrogens is 2. The Morgan fingerprint density at radius 1 is 1.06 bits per heavy atom. The van der Waals surface area contributed by atoms with Crippen LogP contribution in [-0.4, -0.2) is 36.8 Å². The fraction of sp³-hybridized carbons (Fsp3) is 0.318. The van der Waals surface area contributed by atoms with Gasteiger partial charge in [-0.05, 0) is 36.2 Å². The molecule has 32 heavy (non-hydrogen) atoms. The van der Waals surface area contributed by atoms with E-state index in [0.29, 0.717) is 24.5 Å². The third-order valence-electron chi connectivity index (χ3n) is 4.67. The first-order valence-electron chi connectivity index (χ1n) is 9.78. The van der Waals surface area contributed by atoms with Gasteiger partial charge in [-0.3, -0.25) is 4.79 Å². The van der Waals surface area contributed by atoms with E-state index in [9.17, 15) is 18.0 Å². The quantitative estimate of drug-likeness (QED) is 0.530. The van der Waals surface area contributed by atoms with Crippen molar-refractivity contribution >= 4 is 5.91 Å². The van der Waals surface area contributed by atoms with E-state index < -0.39 is 11.7 Å². The van der Waals surface area contributed by atoms with Gasteiger partial charge in [-0.1, -0.05) is 23.4 Å². The van der Waals surface area contributed by atoms with Crippen LogP contribution < -0.4 is 14.8 Å². The number of benzene rings is 2. The molecule has 0 saturated heterocycles. The summed E-state index contributed by atoms with van der Waals surface area (Å²) in [4.78, 5) is 16.2. The van der Waals surface area contributed by atoms with Crippen molar-refractivity contribution < 1.29 is 32.0 Å². The van der Waals surface area contributed by atoms with E-state index in [4.69, 9.17) is 14.0 Å². The molecule has 10 heteroatoms. The third kappa shape index (κ3) is 5.99. The minimum absolute atomic E-state index is 0.0416. The van der Waals surface area contributed by atoms with Crippen LogP contribution in [0.4, 0.5) is 13.2 Å². The summed E-state index contributed by atoms with van der Waals surface area (Å²) in [5.74, 6) is 1.25. The molecule has 0 aliphatic rings. The molecule has 0 fully saturated rings. The lowest BCUT2D eigenvalue weighted by Crippen LogP contribution is -2.25. The molecule has 0 unspecified atom stereocenters. The summed E-state index contributed by atoms with van der Waals surface area (Å²) in [7, 11) is 3.11. The highest BCUT2D eigenvalue weighted by Gasteiger charge is 2.30. The number of methoxy groups -OCH3 is 2. The molecule has 1 aromatic heterocycles. The minimum Gasteiger partial charge on any atom is -0.493 e. The zero-order chi connectivity index (χ0) is 23.1. The first-order chi connectivity index (χ1) is 15.3. The average Bonchev–Trinajstić information content (AvgIpc) is 3.26. The van der Waals surface area contributed by atoms with Crippen LogP contribution in [0.1, 0.15) is 23.4 Å². The van der Waals surface area contributed by atoms with Crippen molar-refractivity contribution in [2.24, 2.45) is 0 Å². The zero-order valence-corrected chi connectivity index (χ0v) is 17.5. The number of rotatable bonds is 9. The maximum Gasteiger partial charge on any atom is 0.416 e. The van der Waals surface area contributed by atoms with Gasteiger partial charge >= 0.3 is 6.18 Å². The Hall–Kier alpha value is -3.56. The number of nitrogens with one attached hydrogen (secondary N) is 1. The molecule has 1 amide bonds. The molecule has 3 rings (SSSR count). The Morgan fingerprint density at radius 3 is 2.56 bits per heavy atom. The highest BCUT2D eigenvalue weighted by molar-refractivity contribution is 5.76. The van der Waals surface area contributed by atoms with Crippen molar-refractivity contribution in [2.45, 2.75) is 25.4 Å². The normalized spacial score (nSPS) is 11.3. The minimum atomic E-state index is -4.46. The number of carbonyl (C=O) groups is 1. The van der Waals surface area contributed by atoms with E-state index in [0.717, 1.165) is 17.7 Å². The Kier molecular flexibility index (Phi) is 7.34. The monoisotopic (exact) mass is 449 g/mol. The molecule has 1 N–H and O–H groups in total. The SMILES string of the molecule is COc1ccc(CCNC(=O)CCc2nc(-c3cccc(C(F)(F)F)c3)no2)cc1OC. The van der Waals surface area contributed by atoms with E-state index in [1.807, 2.05) is 12.1 Å². The Balaban J connectivity index is 1.48. The van der Waals surface area contributed by atoms with Crippen molar-refractivity contribution in [3.8, 4) is 22.9 Å². The molecular formula is C22H22F3N3O4. The molecule has 0 radical (unpaired) electrons. The highest BCUT2D eigenvalue weighted by Crippen LogP contribution is 2.31. The van der Waals surface area contributed by atoms with Gasteiger partial charge in [-0.2, -0.15) is 18.2 Å². The number of halogens is 3. The van der Waals surface area contributed by atoms with E-state index in [1.54, 1.807) is 20.3 Å². The standard InChI is InChI=1S/C22H22F3N3O4/c1-30-17-7-6-14(12-18(17)31-2)10-11-26-19(29)8-9-20-27-21(28-32-20)15-4-3-5-16(13-15)22(23,24)25/h3-7,12-13H,8-11H2,1-2H3,(H,26,29). The number of alkyl halides is 3. The fourth-order valence-electron chi connectivity index (χ4n) is 3.00. The van der Waals surface area contributed by atoms with Gasteiger partial charge in [0.05, 0.1) is 19.8 Å².